The molecule has 0 unspecified atom stereocenters. The van der Waals surface area contributed by atoms with Gasteiger partial charge in [0, 0.05) is 11.1 Å². The minimum absolute atomic E-state index is 0.0212. The van der Waals surface area contributed by atoms with Gasteiger partial charge in [0.05, 0.1) is 0 Å². The molecule has 2 fully saturated rings. The quantitative estimate of drug-likeness (QED) is 0.567. The highest BCUT2D eigenvalue weighted by Gasteiger charge is 2.53. The molecule has 24 heavy (non-hydrogen) atoms. The summed E-state index contributed by atoms with van der Waals surface area (Å²) >= 11 is 0. The predicted molar refractivity (Wildman–Crippen MR) is 91.1 cm³/mol. The van der Waals surface area contributed by atoms with Crippen molar-refractivity contribution in [2.45, 2.75) is 72.5 Å². The van der Waals surface area contributed by atoms with Gasteiger partial charge < -0.3 is 9.47 Å². The predicted octanol–water partition coefficient (Wildman–Crippen LogP) is 3.95. The Kier molecular flexibility index (Phi) is 4.35. The molecule has 4 heteroatoms. The lowest BCUT2D eigenvalue weighted by Crippen LogP contribution is -2.50. The van der Waals surface area contributed by atoms with Crippen LogP contribution in [0.3, 0.4) is 0 Å². The van der Waals surface area contributed by atoms with Crippen LogP contribution < -0.4 is 0 Å². The molecule has 3 aliphatic rings. The molecule has 0 aromatic carbocycles. The van der Waals surface area contributed by atoms with Crippen LogP contribution in [-0.2, 0) is 19.1 Å². The van der Waals surface area contributed by atoms with Crippen molar-refractivity contribution in [1.82, 2.24) is 0 Å². The molecule has 0 aromatic heterocycles. The van der Waals surface area contributed by atoms with Crippen molar-refractivity contribution in [3.05, 3.63) is 22.8 Å². The summed E-state index contributed by atoms with van der Waals surface area (Å²) in [6, 6.07) is 0. The van der Waals surface area contributed by atoms with Crippen LogP contribution in [0.4, 0.5) is 0 Å². The average molecular weight is 332 g/mol. The van der Waals surface area contributed by atoms with Crippen molar-refractivity contribution >= 4 is 11.9 Å². The molecule has 0 radical (unpaired) electrons. The molecule has 4 nitrogen and oxygen atoms in total. The Morgan fingerprint density at radius 2 is 2.08 bits per heavy atom. The molecule has 132 valence electrons. The molecular weight excluding hydrogens is 304 g/mol. The van der Waals surface area contributed by atoms with E-state index >= 15 is 0 Å². The van der Waals surface area contributed by atoms with Crippen molar-refractivity contribution in [2.75, 3.05) is 0 Å². The van der Waals surface area contributed by atoms with Crippen LogP contribution in [0.1, 0.15) is 60.3 Å². The molecule has 1 aliphatic heterocycles. The van der Waals surface area contributed by atoms with Gasteiger partial charge in [-0.15, -0.1) is 0 Å². The van der Waals surface area contributed by atoms with Gasteiger partial charge in [-0.05, 0) is 69.3 Å². The standard InChI is InChI=1S/C20H28O4/c1-6-11(2)18(21)23-16-8-7-14-9-17-15(12(3)19(22)24-17)10-20(14,5)13(16)4/h6,13-14,16-17H,7-10H2,1-5H3/b11-6+/t13-,14+,16+,17-,20+/m0/s1. The molecule has 0 spiro atoms. The Morgan fingerprint density at radius 1 is 1.38 bits per heavy atom. The third-order valence-corrected chi connectivity index (χ3v) is 6.84. The monoisotopic (exact) mass is 332 g/mol. The molecule has 0 amide bonds. The van der Waals surface area contributed by atoms with Crippen LogP contribution in [0, 0.1) is 17.3 Å². The van der Waals surface area contributed by atoms with Crippen molar-refractivity contribution in [2.24, 2.45) is 17.3 Å². The molecule has 5 atom stereocenters. The van der Waals surface area contributed by atoms with Crippen LogP contribution in [0.25, 0.3) is 0 Å². The third kappa shape index (κ3) is 2.60. The molecule has 0 N–H and O–H groups in total. The van der Waals surface area contributed by atoms with Crippen LogP contribution in [-0.4, -0.2) is 24.1 Å². The molecule has 1 heterocycles. The first kappa shape index (κ1) is 17.2. The highest BCUT2D eigenvalue weighted by Crippen LogP contribution is 2.57. The second kappa shape index (κ2) is 6.05. The number of rotatable bonds is 2. The van der Waals surface area contributed by atoms with Crippen LogP contribution in [0.2, 0.25) is 0 Å². The lowest BCUT2D eigenvalue weighted by atomic mass is 9.53. The number of ether oxygens (including phenoxy) is 2. The molecular formula is C20H28O4. The zero-order valence-electron chi connectivity index (χ0n) is 15.3. The van der Waals surface area contributed by atoms with Gasteiger partial charge in [0.2, 0.25) is 0 Å². The first-order chi connectivity index (χ1) is 11.3. The maximum atomic E-state index is 12.2. The van der Waals surface area contributed by atoms with Gasteiger partial charge in [-0.1, -0.05) is 19.9 Å². The second-order valence-electron chi connectivity index (χ2n) is 7.94. The van der Waals surface area contributed by atoms with Gasteiger partial charge >= 0.3 is 11.9 Å². The highest BCUT2D eigenvalue weighted by molar-refractivity contribution is 5.91. The van der Waals surface area contributed by atoms with Crippen molar-refractivity contribution in [3.63, 3.8) is 0 Å². The third-order valence-electron chi connectivity index (χ3n) is 6.84. The van der Waals surface area contributed by atoms with E-state index in [9.17, 15) is 9.59 Å². The van der Waals surface area contributed by atoms with E-state index in [1.165, 1.54) is 5.57 Å². The van der Waals surface area contributed by atoms with Gasteiger partial charge in [0.25, 0.3) is 0 Å². The van der Waals surface area contributed by atoms with Crippen molar-refractivity contribution < 1.29 is 19.1 Å². The van der Waals surface area contributed by atoms with Gasteiger partial charge in [-0.25, -0.2) is 9.59 Å². The summed E-state index contributed by atoms with van der Waals surface area (Å²) in [6.07, 6.45) is 5.42. The Bertz CT molecular complexity index is 630. The summed E-state index contributed by atoms with van der Waals surface area (Å²) in [4.78, 5) is 24.1. The zero-order chi connectivity index (χ0) is 17.6. The maximum absolute atomic E-state index is 12.2. The number of hydrogen-bond acceptors (Lipinski definition) is 4. The number of esters is 2. The van der Waals surface area contributed by atoms with Crippen LogP contribution in [0.15, 0.2) is 22.8 Å². The van der Waals surface area contributed by atoms with E-state index in [2.05, 4.69) is 13.8 Å². The fraction of sp³-hybridized carbons (Fsp3) is 0.700. The minimum Gasteiger partial charge on any atom is -0.459 e. The molecule has 0 saturated heterocycles. The van der Waals surface area contributed by atoms with E-state index in [-0.39, 0.29) is 35.5 Å². The Hall–Kier alpha value is -1.58. The summed E-state index contributed by atoms with van der Waals surface area (Å²) in [6.45, 7) is 10.0. The van der Waals surface area contributed by atoms with Gasteiger partial charge in [-0.3, -0.25) is 0 Å². The lowest BCUT2D eigenvalue weighted by Gasteiger charge is -2.53. The molecule has 0 bridgehead atoms. The molecule has 3 rings (SSSR count). The summed E-state index contributed by atoms with van der Waals surface area (Å²) < 4.78 is 11.3. The molecule has 2 saturated carbocycles. The fourth-order valence-corrected chi connectivity index (χ4v) is 4.71. The van der Waals surface area contributed by atoms with E-state index in [1.54, 1.807) is 13.0 Å². The first-order valence-corrected chi connectivity index (χ1v) is 9.02. The largest absolute Gasteiger partial charge is 0.459 e. The Morgan fingerprint density at radius 3 is 2.75 bits per heavy atom. The van der Waals surface area contributed by atoms with E-state index < -0.39 is 0 Å². The number of hydrogen-bond donors (Lipinski definition) is 0. The summed E-state index contributed by atoms with van der Waals surface area (Å²) in [5, 5.41) is 0. The highest BCUT2D eigenvalue weighted by atomic mass is 16.6. The zero-order valence-corrected chi connectivity index (χ0v) is 15.3. The molecule has 0 aromatic rings. The van der Waals surface area contributed by atoms with E-state index in [0.717, 1.165) is 31.3 Å². The fourth-order valence-electron chi connectivity index (χ4n) is 4.71. The average Bonchev–Trinajstić information content (AvgIpc) is 2.82. The normalized spacial score (nSPS) is 39.2. The van der Waals surface area contributed by atoms with Crippen LogP contribution in [0.5, 0.6) is 0 Å². The number of carbonyl (C=O) groups excluding carboxylic acids is 2. The Balaban J connectivity index is 1.81. The van der Waals surface area contributed by atoms with Gasteiger partial charge in [0.15, 0.2) is 0 Å². The van der Waals surface area contributed by atoms with E-state index in [0.29, 0.717) is 11.5 Å². The topological polar surface area (TPSA) is 52.6 Å². The van der Waals surface area contributed by atoms with E-state index in [4.69, 9.17) is 9.47 Å². The first-order valence-electron chi connectivity index (χ1n) is 9.02. The Labute approximate surface area is 144 Å². The van der Waals surface area contributed by atoms with E-state index in [1.807, 2.05) is 13.8 Å². The summed E-state index contributed by atoms with van der Waals surface area (Å²) in [5.74, 6) is 0.413. The number of carbonyl (C=O) groups is 2. The number of allylic oxidation sites excluding steroid dienone is 1. The second-order valence-corrected chi connectivity index (χ2v) is 7.94. The van der Waals surface area contributed by atoms with Crippen LogP contribution >= 0.6 is 0 Å². The van der Waals surface area contributed by atoms with Crippen molar-refractivity contribution in [3.8, 4) is 0 Å². The smallest absolute Gasteiger partial charge is 0.334 e. The van der Waals surface area contributed by atoms with Gasteiger partial charge in [-0.2, -0.15) is 0 Å². The SMILES string of the molecule is C/C=C(\C)C(=O)O[C@@H]1CC[C@@H]2C[C@@H]3OC(=O)C(C)=C3C[C@]2(C)[C@H]1C. The summed E-state index contributed by atoms with van der Waals surface area (Å²) in [5.41, 5.74) is 2.66. The molecule has 2 aliphatic carbocycles. The van der Waals surface area contributed by atoms with Gasteiger partial charge in [0.1, 0.15) is 12.2 Å². The summed E-state index contributed by atoms with van der Waals surface area (Å²) in [7, 11) is 0. The van der Waals surface area contributed by atoms with Crippen molar-refractivity contribution in [1.29, 1.82) is 0 Å². The maximum Gasteiger partial charge on any atom is 0.334 e. The lowest BCUT2D eigenvalue weighted by molar-refractivity contribution is -0.160. The minimum atomic E-state index is -0.208. The number of fused-ring (bicyclic) bond motifs is 2.